The molecule has 0 spiro atoms. The maximum absolute atomic E-state index is 12.4. The van der Waals surface area contributed by atoms with Crippen LogP contribution in [0.5, 0.6) is 11.5 Å². The van der Waals surface area contributed by atoms with Crippen molar-refractivity contribution in [2.75, 3.05) is 39.9 Å². The molecular formula is C20H24ClN2O3+. The zero-order valence-corrected chi connectivity index (χ0v) is 15.7. The van der Waals surface area contributed by atoms with Gasteiger partial charge in [-0.15, -0.1) is 0 Å². The quantitative estimate of drug-likeness (QED) is 0.835. The number of quaternary nitrogens is 1. The van der Waals surface area contributed by atoms with E-state index in [-0.39, 0.29) is 12.5 Å². The monoisotopic (exact) mass is 375 g/mol. The molecule has 0 radical (unpaired) electrons. The SMILES string of the molecule is COc1ccc(C[NH+]2CCN(C(=O)COc3ccccc3Cl)CC2)cc1. The number of para-hydroxylation sites is 1. The largest absolute Gasteiger partial charge is 0.497 e. The molecule has 6 heteroatoms. The van der Waals surface area contributed by atoms with E-state index in [4.69, 9.17) is 21.1 Å². The van der Waals surface area contributed by atoms with Crippen LogP contribution < -0.4 is 14.4 Å². The number of nitrogens with zero attached hydrogens (tertiary/aromatic N) is 1. The molecule has 138 valence electrons. The molecule has 0 aliphatic carbocycles. The van der Waals surface area contributed by atoms with Gasteiger partial charge in [0.2, 0.25) is 0 Å². The van der Waals surface area contributed by atoms with E-state index in [2.05, 4.69) is 12.1 Å². The molecule has 26 heavy (non-hydrogen) atoms. The number of hydrogen-bond donors (Lipinski definition) is 1. The molecule has 1 saturated heterocycles. The minimum Gasteiger partial charge on any atom is -0.497 e. The number of carbonyl (C=O) groups excluding carboxylic acids is 1. The Kier molecular flexibility index (Phi) is 6.36. The highest BCUT2D eigenvalue weighted by Gasteiger charge is 2.24. The molecule has 0 unspecified atom stereocenters. The van der Waals surface area contributed by atoms with E-state index >= 15 is 0 Å². The highest BCUT2D eigenvalue weighted by atomic mass is 35.5. The summed E-state index contributed by atoms with van der Waals surface area (Å²) >= 11 is 6.05. The lowest BCUT2D eigenvalue weighted by Crippen LogP contribution is -3.13. The Morgan fingerprint density at radius 2 is 1.81 bits per heavy atom. The van der Waals surface area contributed by atoms with Gasteiger partial charge in [0, 0.05) is 5.56 Å². The third-order valence-corrected chi connectivity index (χ3v) is 4.94. The van der Waals surface area contributed by atoms with Gasteiger partial charge in [-0.05, 0) is 36.4 Å². The topological polar surface area (TPSA) is 43.2 Å². The van der Waals surface area contributed by atoms with E-state index in [1.54, 1.807) is 19.2 Å². The van der Waals surface area contributed by atoms with Gasteiger partial charge in [0.15, 0.2) is 6.61 Å². The van der Waals surface area contributed by atoms with Crippen LogP contribution >= 0.6 is 11.6 Å². The molecule has 0 atom stereocenters. The number of amides is 1. The number of halogens is 1. The summed E-state index contributed by atoms with van der Waals surface area (Å²) in [5, 5.41) is 0.522. The zero-order valence-electron chi connectivity index (χ0n) is 14.9. The molecular weight excluding hydrogens is 352 g/mol. The second kappa shape index (κ2) is 8.92. The second-order valence-corrected chi connectivity index (χ2v) is 6.78. The van der Waals surface area contributed by atoms with Gasteiger partial charge in [0.1, 0.15) is 18.0 Å². The van der Waals surface area contributed by atoms with Crippen LogP contribution in [0.15, 0.2) is 48.5 Å². The molecule has 3 rings (SSSR count). The Hall–Kier alpha value is -2.24. The first-order valence-corrected chi connectivity index (χ1v) is 9.15. The van der Waals surface area contributed by atoms with Gasteiger partial charge in [0.25, 0.3) is 5.91 Å². The third-order valence-electron chi connectivity index (χ3n) is 4.62. The molecule has 1 aliphatic heterocycles. The number of piperazine rings is 1. The average molecular weight is 376 g/mol. The van der Waals surface area contributed by atoms with Crippen LogP contribution in [-0.2, 0) is 11.3 Å². The summed E-state index contributed by atoms with van der Waals surface area (Å²) in [6, 6.07) is 15.4. The number of hydrogen-bond acceptors (Lipinski definition) is 3. The van der Waals surface area contributed by atoms with Crippen LogP contribution in [0.2, 0.25) is 5.02 Å². The standard InChI is InChI=1S/C20H23ClN2O3/c1-25-17-8-6-16(7-9-17)14-22-10-12-23(13-11-22)20(24)15-26-19-5-3-2-4-18(19)21/h2-9H,10-15H2,1H3/p+1. The van der Waals surface area contributed by atoms with Gasteiger partial charge < -0.3 is 19.3 Å². The van der Waals surface area contributed by atoms with Gasteiger partial charge in [-0.1, -0.05) is 23.7 Å². The van der Waals surface area contributed by atoms with Gasteiger partial charge in [-0.25, -0.2) is 0 Å². The summed E-state index contributed by atoms with van der Waals surface area (Å²) in [6.07, 6.45) is 0. The number of benzene rings is 2. The van der Waals surface area contributed by atoms with Crippen LogP contribution in [-0.4, -0.2) is 50.7 Å². The van der Waals surface area contributed by atoms with E-state index in [9.17, 15) is 4.79 Å². The Balaban J connectivity index is 1.44. The molecule has 1 fully saturated rings. The maximum atomic E-state index is 12.4. The van der Waals surface area contributed by atoms with Gasteiger partial charge in [0.05, 0.1) is 38.3 Å². The fourth-order valence-corrected chi connectivity index (χ4v) is 3.26. The van der Waals surface area contributed by atoms with Crippen LogP contribution in [0, 0.1) is 0 Å². The van der Waals surface area contributed by atoms with Crippen molar-refractivity contribution in [1.82, 2.24) is 4.90 Å². The molecule has 1 N–H and O–H groups in total. The van der Waals surface area contributed by atoms with E-state index in [0.717, 1.165) is 38.5 Å². The van der Waals surface area contributed by atoms with Crippen molar-refractivity contribution in [2.24, 2.45) is 0 Å². The summed E-state index contributed by atoms with van der Waals surface area (Å²) < 4.78 is 10.7. The van der Waals surface area contributed by atoms with Crippen LogP contribution in [0.3, 0.4) is 0 Å². The number of methoxy groups -OCH3 is 1. The van der Waals surface area contributed by atoms with Gasteiger partial charge >= 0.3 is 0 Å². The molecule has 0 saturated carbocycles. The molecule has 0 bridgehead atoms. The normalized spacial score (nSPS) is 14.9. The lowest BCUT2D eigenvalue weighted by atomic mass is 10.2. The van der Waals surface area contributed by atoms with Crippen molar-refractivity contribution in [3.05, 3.63) is 59.1 Å². The number of ether oxygens (including phenoxy) is 2. The van der Waals surface area contributed by atoms with E-state index in [1.807, 2.05) is 29.2 Å². The average Bonchev–Trinajstić information content (AvgIpc) is 2.68. The van der Waals surface area contributed by atoms with Crippen molar-refractivity contribution in [3.8, 4) is 11.5 Å². The molecule has 1 amide bonds. The van der Waals surface area contributed by atoms with Crippen LogP contribution in [0.4, 0.5) is 0 Å². The van der Waals surface area contributed by atoms with Crippen molar-refractivity contribution < 1.29 is 19.2 Å². The molecule has 0 aromatic heterocycles. The Bertz CT molecular complexity index is 728. The number of carbonyl (C=O) groups is 1. The molecule has 2 aromatic rings. The van der Waals surface area contributed by atoms with Crippen LogP contribution in [0.25, 0.3) is 0 Å². The molecule has 2 aromatic carbocycles. The third kappa shape index (κ3) is 4.90. The smallest absolute Gasteiger partial charge is 0.260 e. The highest BCUT2D eigenvalue weighted by molar-refractivity contribution is 6.32. The van der Waals surface area contributed by atoms with E-state index in [0.29, 0.717) is 10.8 Å². The van der Waals surface area contributed by atoms with E-state index in [1.165, 1.54) is 10.5 Å². The first-order valence-electron chi connectivity index (χ1n) is 8.77. The second-order valence-electron chi connectivity index (χ2n) is 6.37. The highest BCUT2D eigenvalue weighted by Crippen LogP contribution is 2.22. The predicted molar refractivity (Wildman–Crippen MR) is 101 cm³/mol. The first kappa shape index (κ1) is 18.5. The minimum atomic E-state index is 0.00779. The van der Waals surface area contributed by atoms with Crippen molar-refractivity contribution >= 4 is 17.5 Å². The number of nitrogens with one attached hydrogen (secondary N) is 1. The van der Waals surface area contributed by atoms with E-state index < -0.39 is 0 Å². The Morgan fingerprint density at radius 3 is 2.46 bits per heavy atom. The molecule has 1 heterocycles. The lowest BCUT2D eigenvalue weighted by molar-refractivity contribution is -0.917. The number of rotatable bonds is 6. The fraction of sp³-hybridized carbons (Fsp3) is 0.350. The Labute approximate surface area is 159 Å². The summed E-state index contributed by atoms with van der Waals surface area (Å²) in [4.78, 5) is 15.7. The van der Waals surface area contributed by atoms with Gasteiger partial charge in [-0.2, -0.15) is 0 Å². The molecule has 5 nitrogen and oxygen atoms in total. The first-order chi connectivity index (χ1) is 12.7. The zero-order chi connectivity index (χ0) is 18.4. The lowest BCUT2D eigenvalue weighted by Gasteiger charge is -2.32. The minimum absolute atomic E-state index is 0.00779. The van der Waals surface area contributed by atoms with Crippen molar-refractivity contribution in [1.29, 1.82) is 0 Å². The van der Waals surface area contributed by atoms with Crippen molar-refractivity contribution in [3.63, 3.8) is 0 Å². The molecule has 1 aliphatic rings. The van der Waals surface area contributed by atoms with Gasteiger partial charge in [-0.3, -0.25) is 4.79 Å². The summed E-state index contributed by atoms with van der Waals surface area (Å²) in [5.41, 5.74) is 1.28. The Morgan fingerprint density at radius 1 is 1.12 bits per heavy atom. The fourth-order valence-electron chi connectivity index (χ4n) is 3.07. The predicted octanol–water partition coefficient (Wildman–Crippen LogP) is 1.65. The van der Waals surface area contributed by atoms with Crippen LogP contribution in [0.1, 0.15) is 5.56 Å². The summed E-state index contributed by atoms with van der Waals surface area (Å²) in [7, 11) is 1.67. The van der Waals surface area contributed by atoms with Crippen molar-refractivity contribution in [2.45, 2.75) is 6.54 Å². The maximum Gasteiger partial charge on any atom is 0.260 e. The summed E-state index contributed by atoms with van der Waals surface area (Å²) in [6.45, 7) is 4.35. The summed E-state index contributed by atoms with van der Waals surface area (Å²) in [5.74, 6) is 1.43.